The smallest absolute Gasteiger partial charge is 0.249 e. The molecule has 0 aliphatic heterocycles. The van der Waals surface area contributed by atoms with Gasteiger partial charge in [0.05, 0.1) is 13.2 Å². The second-order valence-electron chi connectivity index (χ2n) is 4.43. The number of rotatable bonds is 7. The van der Waals surface area contributed by atoms with Crippen LogP contribution in [0.3, 0.4) is 0 Å². The van der Waals surface area contributed by atoms with Crippen molar-refractivity contribution in [2.75, 3.05) is 19.5 Å². The van der Waals surface area contributed by atoms with Gasteiger partial charge in [-0.3, -0.25) is 0 Å². The van der Waals surface area contributed by atoms with E-state index in [2.05, 4.69) is 9.97 Å². The maximum atomic E-state index is 5.97. The van der Waals surface area contributed by atoms with Crippen LogP contribution >= 0.6 is 0 Å². The Labute approximate surface area is 123 Å². The molecule has 1 aromatic heterocycles. The van der Waals surface area contributed by atoms with Gasteiger partial charge in [-0.05, 0) is 24.1 Å². The second-order valence-corrected chi connectivity index (χ2v) is 4.43. The van der Waals surface area contributed by atoms with E-state index in [0.29, 0.717) is 30.5 Å². The first-order valence-corrected chi connectivity index (χ1v) is 6.73. The summed E-state index contributed by atoms with van der Waals surface area (Å²) in [5.41, 5.74) is 7.27. The minimum absolute atomic E-state index is 0.283. The summed E-state index contributed by atoms with van der Waals surface area (Å²) in [7, 11) is 1.65. The zero-order chi connectivity index (χ0) is 15.1. The minimum Gasteiger partial charge on any atom is -0.476 e. The number of nitrogens with two attached hydrogens (primary N) is 1. The van der Waals surface area contributed by atoms with Crippen LogP contribution in [0.5, 0.6) is 17.5 Å². The van der Waals surface area contributed by atoms with E-state index in [1.54, 1.807) is 7.11 Å². The molecule has 2 aromatic rings. The Morgan fingerprint density at radius 2 is 2.00 bits per heavy atom. The van der Waals surface area contributed by atoms with Gasteiger partial charge in [0.15, 0.2) is 5.69 Å². The topological polar surface area (TPSA) is 79.5 Å². The molecule has 0 aliphatic carbocycles. The SMILES string of the molecule is CCCOc1ncnc(Oc2cccc(COC)c2)c1N. The molecule has 1 aromatic carbocycles. The molecule has 0 amide bonds. The number of ether oxygens (including phenoxy) is 3. The molecule has 0 radical (unpaired) electrons. The molecule has 6 heteroatoms. The quantitative estimate of drug-likeness (QED) is 0.844. The van der Waals surface area contributed by atoms with E-state index in [1.165, 1.54) is 6.33 Å². The highest BCUT2D eigenvalue weighted by Gasteiger charge is 2.11. The van der Waals surface area contributed by atoms with Crippen molar-refractivity contribution in [3.63, 3.8) is 0 Å². The van der Waals surface area contributed by atoms with Crippen molar-refractivity contribution in [1.82, 2.24) is 9.97 Å². The number of nitrogen functional groups attached to an aromatic ring is 1. The maximum Gasteiger partial charge on any atom is 0.249 e. The van der Waals surface area contributed by atoms with E-state index < -0.39 is 0 Å². The average Bonchev–Trinajstić information content (AvgIpc) is 2.49. The van der Waals surface area contributed by atoms with Gasteiger partial charge in [0.2, 0.25) is 11.8 Å². The highest BCUT2D eigenvalue weighted by atomic mass is 16.5. The van der Waals surface area contributed by atoms with Crippen LogP contribution in [0.4, 0.5) is 5.69 Å². The molecule has 2 rings (SSSR count). The predicted octanol–water partition coefficient (Wildman–Crippen LogP) is 2.79. The van der Waals surface area contributed by atoms with Crippen molar-refractivity contribution in [1.29, 1.82) is 0 Å². The second kappa shape index (κ2) is 7.44. The van der Waals surface area contributed by atoms with Crippen LogP contribution in [0.25, 0.3) is 0 Å². The van der Waals surface area contributed by atoms with Gasteiger partial charge in [0.1, 0.15) is 12.1 Å². The molecule has 0 bridgehead atoms. The van der Waals surface area contributed by atoms with Gasteiger partial charge in [-0.2, -0.15) is 9.97 Å². The first kappa shape index (κ1) is 15.1. The van der Waals surface area contributed by atoms with Crippen LogP contribution < -0.4 is 15.2 Å². The number of benzene rings is 1. The number of hydrogen-bond acceptors (Lipinski definition) is 6. The van der Waals surface area contributed by atoms with Crippen LogP contribution in [-0.4, -0.2) is 23.7 Å². The summed E-state index contributed by atoms with van der Waals surface area (Å²) in [6.45, 7) is 3.07. The highest BCUT2D eigenvalue weighted by molar-refractivity contribution is 5.56. The fourth-order valence-electron chi connectivity index (χ4n) is 1.74. The summed E-state index contributed by atoms with van der Waals surface area (Å²) in [6.07, 6.45) is 2.24. The van der Waals surface area contributed by atoms with E-state index >= 15 is 0 Å². The third-order valence-corrected chi connectivity index (χ3v) is 2.68. The molecule has 0 aliphatic rings. The summed E-state index contributed by atoms with van der Waals surface area (Å²) in [4.78, 5) is 8.06. The van der Waals surface area contributed by atoms with E-state index in [0.717, 1.165) is 12.0 Å². The lowest BCUT2D eigenvalue weighted by molar-refractivity contribution is 0.184. The third-order valence-electron chi connectivity index (χ3n) is 2.68. The molecule has 21 heavy (non-hydrogen) atoms. The number of anilines is 1. The van der Waals surface area contributed by atoms with Crippen LogP contribution in [0.1, 0.15) is 18.9 Å². The van der Waals surface area contributed by atoms with Crippen LogP contribution in [-0.2, 0) is 11.3 Å². The number of hydrogen-bond donors (Lipinski definition) is 1. The van der Waals surface area contributed by atoms with Crippen molar-refractivity contribution < 1.29 is 14.2 Å². The van der Waals surface area contributed by atoms with Gasteiger partial charge < -0.3 is 19.9 Å². The molecule has 2 N–H and O–H groups in total. The first-order chi connectivity index (χ1) is 10.2. The average molecular weight is 289 g/mol. The van der Waals surface area contributed by atoms with E-state index in [4.69, 9.17) is 19.9 Å². The molecule has 6 nitrogen and oxygen atoms in total. The van der Waals surface area contributed by atoms with Crippen LogP contribution in [0, 0.1) is 0 Å². The molecular weight excluding hydrogens is 270 g/mol. The predicted molar refractivity (Wildman–Crippen MR) is 79.5 cm³/mol. The minimum atomic E-state index is 0.283. The largest absolute Gasteiger partial charge is 0.476 e. The molecular formula is C15H19N3O3. The Balaban J connectivity index is 2.17. The number of aromatic nitrogens is 2. The molecule has 112 valence electrons. The Morgan fingerprint density at radius 1 is 1.19 bits per heavy atom. The van der Waals surface area contributed by atoms with Gasteiger partial charge >= 0.3 is 0 Å². The summed E-state index contributed by atoms with van der Waals surface area (Å²) in [6, 6.07) is 7.54. The zero-order valence-electron chi connectivity index (χ0n) is 12.2. The molecule has 0 atom stereocenters. The Hall–Kier alpha value is -2.34. The Kier molecular flexibility index (Phi) is 5.34. The summed E-state index contributed by atoms with van der Waals surface area (Å²) in [5, 5.41) is 0. The molecule has 0 unspecified atom stereocenters. The van der Waals surface area contributed by atoms with Gasteiger partial charge in [-0.25, -0.2) is 0 Å². The number of nitrogens with zero attached hydrogens (tertiary/aromatic N) is 2. The van der Waals surface area contributed by atoms with Crippen molar-refractivity contribution in [3.05, 3.63) is 36.2 Å². The van der Waals surface area contributed by atoms with Gasteiger partial charge in [-0.1, -0.05) is 19.1 Å². The molecule has 0 saturated heterocycles. The van der Waals surface area contributed by atoms with Crippen LogP contribution in [0.2, 0.25) is 0 Å². The van der Waals surface area contributed by atoms with E-state index in [1.807, 2.05) is 31.2 Å². The highest BCUT2D eigenvalue weighted by Crippen LogP contribution is 2.30. The fraction of sp³-hybridized carbons (Fsp3) is 0.333. The molecule has 0 saturated carbocycles. The monoisotopic (exact) mass is 289 g/mol. The van der Waals surface area contributed by atoms with E-state index in [9.17, 15) is 0 Å². The fourth-order valence-corrected chi connectivity index (χ4v) is 1.74. The summed E-state index contributed by atoms with van der Waals surface area (Å²) in [5.74, 6) is 1.26. The molecule has 0 fully saturated rings. The van der Waals surface area contributed by atoms with Crippen molar-refractivity contribution in [3.8, 4) is 17.5 Å². The summed E-state index contributed by atoms with van der Waals surface area (Å²) < 4.78 is 16.2. The van der Waals surface area contributed by atoms with Gasteiger partial charge in [-0.15, -0.1) is 0 Å². The van der Waals surface area contributed by atoms with Crippen LogP contribution in [0.15, 0.2) is 30.6 Å². The first-order valence-electron chi connectivity index (χ1n) is 6.73. The van der Waals surface area contributed by atoms with Crippen molar-refractivity contribution in [2.24, 2.45) is 0 Å². The maximum absolute atomic E-state index is 5.97. The lowest BCUT2D eigenvalue weighted by atomic mass is 10.2. The zero-order valence-corrected chi connectivity index (χ0v) is 12.2. The molecule has 1 heterocycles. The summed E-state index contributed by atoms with van der Waals surface area (Å²) >= 11 is 0. The third kappa shape index (κ3) is 4.06. The standard InChI is InChI=1S/C15H19N3O3/c1-3-7-20-14-13(16)15(18-10-17-14)21-12-6-4-5-11(8-12)9-19-2/h4-6,8,10H,3,7,9,16H2,1-2H3. The lowest BCUT2D eigenvalue weighted by Crippen LogP contribution is -2.04. The van der Waals surface area contributed by atoms with Crippen molar-refractivity contribution >= 4 is 5.69 Å². The normalized spacial score (nSPS) is 10.4. The van der Waals surface area contributed by atoms with Crippen molar-refractivity contribution in [2.45, 2.75) is 20.0 Å². The van der Waals surface area contributed by atoms with Gasteiger partial charge in [0, 0.05) is 7.11 Å². The number of methoxy groups -OCH3 is 1. The van der Waals surface area contributed by atoms with Gasteiger partial charge in [0.25, 0.3) is 0 Å². The molecule has 0 spiro atoms. The lowest BCUT2D eigenvalue weighted by Gasteiger charge is -2.11. The van der Waals surface area contributed by atoms with E-state index in [-0.39, 0.29) is 5.88 Å². The Morgan fingerprint density at radius 3 is 2.76 bits per heavy atom. The Bertz CT molecular complexity index is 590.